The van der Waals surface area contributed by atoms with Gasteiger partial charge in [-0.2, -0.15) is 5.10 Å². The van der Waals surface area contributed by atoms with Crippen molar-refractivity contribution in [1.29, 1.82) is 0 Å². The molecular formula is C20H22N6O7. The van der Waals surface area contributed by atoms with Gasteiger partial charge in [-0.05, 0) is 18.8 Å². The van der Waals surface area contributed by atoms with Gasteiger partial charge in [-0.25, -0.2) is 4.98 Å². The summed E-state index contributed by atoms with van der Waals surface area (Å²) in [4.78, 5) is 31.1. The summed E-state index contributed by atoms with van der Waals surface area (Å²) in [7, 11) is 0. The van der Waals surface area contributed by atoms with Gasteiger partial charge in [0, 0.05) is 6.54 Å². The highest BCUT2D eigenvalue weighted by molar-refractivity contribution is 6.40. The first-order valence-corrected chi connectivity index (χ1v) is 9.99. The van der Waals surface area contributed by atoms with E-state index in [1.165, 1.54) is 12.4 Å². The second kappa shape index (κ2) is 7.93. The maximum atomic E-state index is 13.1. The number of carbonyl (C=O) groups excluding carboxylic acids is 2. The highest BCUT2D eigenvalue weighted by Crippen LogP contribution is 2.55. The number of H-pyrrole nitrogens is 1. The molecule has 13 heteroatoms. The Bertz CT molecular complexity index is 1240. The van der Waals surface area contributed by atoms with Gasteiger partial charge in [0.1, 0.15) is 5.82 Å². The summed E-state index contributed by atoms with van der Waals surface area (Å²) in [6, 6.07) is -1.06. The van der Waals surface area contributed by atoms with E-state index in [1.807, 2.05) is 6.92 Å². The molecule has 1 fully saturated rings. The van der Waals surface area contributed by atoms with E-state index in [0.29, 0.717) is 17.3 Å². The number of aromatic nitrogens is 3. The van der Waals surface area contributed by atoms with Crippen LogP contribution in [0.2, 0.25) is 0 Å². The number of amides is 2. The van der Waals surface area contributed by atoms with Crippen LogP contribution in [0.1, 0.15) is 31.4 Å². The minimum Gasteiger partial charge on any atom is -0.504 e. The normalized spacial score (nSPS) is 18.4. The van der Waals surface area contributed by atoms with Crippen molar-refractivity contribution in [3.8, 4) is 28.7 Å². The van der Waals surface area contributed by atoms with Crippen molar-refractivity contribution < 1.29 is 35.1 Å². The number of aromatic amines is 1. The molecule has 0 saturated carbocycles. The van der Waals surface area contributed by atoms with Gasteiger partial charge in [-0.15, -0.1) is 0 Å². The Morgan fingerprint density at radius 3 is 2.36 bits per heavy atom. The molecule has 0 aliphatic carbocycles. The Morgan fingerprint density at radius 2 is 1.70 bits per heavy atom. The van der Waals surface area contributed by atoms with E-state index in [-0.39, 0.29) is 36.0 Å². The topological polar surface area (TPSA) is 218 Å². The van der Waals surface area contributed by atoms with Gasteiger partial charge in [0.2, 0.25) is 17.2 Å². The number of anilines is 2. The SMILES string of the molecule is CC1CCC(c2c(O)c(O)c(O)c(O)c2O)N(C(=O)C(=O)Nc2cnc(N)c3cn[nH]c23)C1. The smallest absolute Gasteiger partial charge is 0.314 e. The number of hydrogen-bond acceptors (Lipinski definition) is 10. The highest BCUT2D eigenvalue weighted by atomic mass is 16.4. The second-order valence-corrected chi connectivity index (χ2v) is 7.98. The van der Waals surface area contributed by atoms with Gasteiger partial charge in [0.25, 0.3) is 0 Å². The monoisotopic (exact) mass is 458 g/mol. The van der Waals surface area contributed by atoms with Gasteiger partial charge < -0.3 is 41.5 Å². The van der Waals surface area contributed by atoms with Crippen molar-refractivity contribution in [2.75, 3.05) is 17.6 Å². The number of pyridine rings is 1. The van der Waals surface area contributed by atoms with Crippen molar-refractivity contribution in [1.82, 2.24) is 20.1 Å². The fraction of sp³-hybridized carbons (Fsp3) is 0.300. The minimum absolute atomic E-state index is 0.0147. The van der Waals surface area contributed by atoms with Crippen LogP contribution in [0.15, 0.2) is 12.4 Å². The largest absolute Gasteiger partial charge is 0.504 e. The molecule has 1 aliphatic heterocycles. The standard InChI is InChI=1S/C20H22N6O7/c1-7-2-3-10(11-13(27)15(29)17(31)16(30)14(11)28)26(6-7)20(33)19(32)24-9-5-22-18(21)8-4-23-25-12(8)9/h4-5,7,10,27-31H,2-3,6H2,1H3,(H2,21,22)(H,23,25)(H,24,32). The van der Waals surface area contributed by atoms with E-state index < -0.39 is 46.6 Å². The van der Waals surface area contributed by atoms with E-state index in [4.69, 9.17) is 5.73 Å². The zero-order chi connectivity index (χ0) is 24.0. The molecule has 2 aromatic heterocycles. The number of nitrogens with zero attached hydrogens (tertiary/aromatic N) is 3. The Balaban J connectivity index is 1.68. The van der Waals surface area contributed by atoms with Crippen molar-refractivity contribution in [2.24, 2.45) is 5.92 Å². The Labute approximate surface area is 186 Å². The van der Waals surface area contributed by atoms with Crippen molar-refractivity contribution in [3.63, 3.8) is 0 Å². The van der Waals surface area contributed by atoms with E-state index in [9.17, 15) is 35.1 Å². The van der Waals surface area contributed by atoms with E-state index in [2.05, 4.69) is 20.5 Å². The van der Waals surface area contributed by atoms with Crippen LogP contribution >= 0.6 is 0 Å². The van der Waals surface area contributed by atoms with Crippen LogP contribution in [0.5, 0.6) is 28.7 Å². The third-order valence-electron chi connectivity index (χ3n) is 5.78. The fourth-order valence-corrected chi connectivity index (χ4v) is 4.05. The van der Waals surface area contributed by atoms with Crippen LogP contribution in [0.3, 0.4) is 0 Å². The van der Waals surface area contributed by atoms with Gasteiger partial charge in [0.05, 0.1) is 40.6 Å². The first kappa shape index (κ1) is 21.8. The van der Waals surface area contributed by atoms with Crippen molar-refractivity contribution in [3.05, 3.63) is 18.0 Å². The predicted molar refractivity (Wildman–Crippen MR) is 115 cm³/mol. The van der Waals surface area contributed by atoms with Crippen molar-refractivity contribution in [2.45, 2.75) is 25.8 Å². The number of nitrogen functional groups attached to an aromatic ring is 1. The summed E-state index contributed by atoms with van der Waals surface area (Å²) in [5, 5.41) is 59.6. The average molecular weight is 458 g/mol. The molecule has 1 aromatic carbocycles. The molecule has 33 heavy (non-hydrogen) atoms. The summed E-state index contributed by atoms with van der Waals surface area (Å²) >= 11 is 0. The molecule has 13 nitrogen and oxygen atoms in total. The molecule has 2 atom stereocenters. The highest BCUT2D eigenvalue weighted by Gasteiger charge is 2.39. The van der Waals surface area contributed by atoms with Crippen LogP contribution in [0, 0.1) is 5.92 Å². The molecule has 3 heterocycles. The Kier molecular flexibility index (Phi) is 5.24. The molecule has 0 spiro atoms. The number of nitrogens with two attached hydrogens (primary N) is 1. The zero-order valence-corrected chi connectivity index (χ0v) is 17.4. The molecule has 1 saturated heterocycles. The molecular weight excluding hydrogens is 436 g/mol. The fourth-order valence-electron chi connectivity index (χ4n) is 4.05. The van der Waals surface area contributed by atoms with E-state index in [1.54, 1.807) is 0 Å². The minimum atomic E-state index is -1.10. The van der Waals surface area contributed by atoms with Gasteiger partial charge in [0.15, 0.2) is 11.5 Å². The van der Waals surface area contributed by atoms with Crippen LogP contribution in [0.25, 0.3) is 10.9 Å². The number of hydrogen-bond donors (Lipinski definition) is 8. The van der Waals surface area contributed by atoms with E-state index in [0.717, 1.165) is 4.90 Å². The molecule has 1 aliphatic rings. The maximum Gasteiger partial charge on any atom is 0.314 e. The zero-order valence-electron chi connectivity index (χ0n) is 17.4. The number of carbonyl (C=O) groups is 2. The van der Waals surface area contributed by atoms with Crippen LogP contribution in [-0.2, 0) is 9.59 Å². The Morgan fingerprint density at radius 1 is 1.06 bits per heavy atom. The summed E-state index contributed by atoms with van der Waals surface area (Å²) < 4.78 is 0. The molecule has 3 aromatic rings. The molecule has 9 N–H and O–H groups in total. The number of likely N-dealkylation sites (tertiary alicyclic amines) is 1. The quantitative estimate of drug-likeness (QED) is 0.155. The molecule has 2 unspecified atom stereocenters. The first-order chi connectivity index (χ1) is 15.6. The number of fused-ring (bicyclic) bond motifs is 1. The second-order valence-electron chi connectivity index (χ2n) is 7.98. The number of phenolic OH excluding ortho intramolecular Hbond substituents is 5. The lowest BCUT2D eigenvalue weighted by Crippen LogP contribution is -2.46. The van der Waals surface area contributed by atoms with Gasteiger partial charge >= 0.3 is 11.8 Å². The Hall–Kier alpha value is -4.42. The third kappa shape index (κ3) is 3.52. The van der Waals surface area contributed by atoms with Crippen LogP contribution in [0.4, 0.5) is 11.5 Å². The summed E-state index contributed by atoms with van der Waals surface area (Å²) in [5.74, 6) is -6.84. The van der Waals surface area contributed by atoms with Gasteiger partial charge in [-0.3, -0.25) is 14.7 Å². The first-order valence-electron chi connectivity index (χ1n) is 9.99. The lowest BCUT2D eigenvalue weighted by molar-refractivity contribution is -0.146. The molecule has 4 rings (SSSR count). The number of phenols is 5. The molecule has 2 amide bonds. The van der Waals surface area contributed by atoms with E-state index >= 15 is 0 Å². The lowest BCUT2D eigenvalue weighted by atomic mass is 9.88. The van der Waals surface area contributed by atoms with Crippen LogP contribution in [-0.4, -0.2) is 64.0 Å². The average Bonchev–Trinajstić information content (AvgIpc) is 3.30. The van der Waals surface area contributed by atoms with Crippen molar-refractivity contribution >= 4 is 34.2 Å². The predicted octanol–water partition coefficient (Wildman–Crippen LogP) is 1.01. The summed E-state index contributed by atoms with van der Waals surface area (Å²) in [6.45, 7) is 1.95. The number of benzene rings is 1. The summed E-state index contributed by atoms with van der Waals surface area (Å²) in [6.07, 6.45) is 3.46. The number of rotatable bonds is 2. The molecule has 174 valence electrons. The molecule has 0 radical (unpaired) electrons. The third-order valence-corrected chi connectivity index (χ3v) is 5.78. The number of piperidine rings is 1. The van der Waals surface area contributed by atoms with Crippen LogP contribution < -0.4 is 11.1 Å². The number of nitrogens with one attached hydrogen (secondary N) is 2. The van der Waals surface area contributed by atoms with Gasteiger partial charge in [-0.1, -0.05) is 6.92 Å². The molecule has 0 bridgehead atoms. The maximum absolute atomic E-state index is 13.1. The lowest BCUT2D eigenvalue weighted by Gasteiger charge is -2.39. The summed E-state index contributed by atoms with van der Waals surface area (Å²) in [5.41, 5.74) is 5.94. The number of aromatic hydroxyl groups is 5.